The average Bonchev–Trinajstić information content (AvgIpc) is 2.62. The molecule has 0 saturated heterocycles. The van der Waals surface area contributed by atoms with Crippen LogP contribution in [0.4, 0.5) is 0 Å². The van der Waals surface area contributed by atoms with Gasteiger partial charge in [0.05, 0.1) is 18.9 Å². The Morgan fingerprint density at radius 1 is 1.08 bits per heavy atom. The number of hydrogen-bond acceptors (Lipinski definition) is 3. The minimum Gasteiger partial charge on any atom is -0.496 e. The Labute approximate surface area is 153 Å². The summed E-state index contributed by atoms with van der Waals surface area (Å²) in [6, 6.07) is 19.3. The van der Waals surface area contributed by atoms with Crippen LogP contribution in [0.3, 0.4) is 0 Å². The van der Waals surface area contributed by atoms with Gasteiger partial charge in [-0.25, -0.2) is 5.43 Å². The van der Waals surface area contributed by atoms with Crippen molar-refractivity contribution < 1.29 is 9.53 Å². The summed E-state index contributed by atoms with van der Waals surface area (Å²) in [5, 5.41) is 6.02. The van der Waals surface area contributed by atoms with E-state index in [9.17, 15) is 4.79 Å². The van der Waals surface area contributed by atoms with Crippen molar-refractivity contribution in [1.82, 2.24) is 5.43 Å². The molecule has 1 amide bonds. The summed E-state index contributed by atoms with van der Waals surface area (Å²) < 4.78 is 6.49. The topological polar surface area (TPSA) is 50.7 Å². The van der Waals surface area contributed by atoms with Crippen LogP contribution in [0.1, 0.15) is 15.9 Å². The molecule has 0 bridgehead atoms. The summed E-state index contributed by atoms with van der Waals surface area (Å²) in [6.07, 6.45) is 1.61. The quantitative estimate of drug-likeness (QED) is 0.383. The van der Waals surface area contributed by atoms with Crippen molar-refractivity contribution >= 4 is 45.5 Å². The average molecular weight is 430 g/mol. The zero-order valence-corrected chi connectivity index (χ0v) is 15.2. The Balaban J connectivity index is 1.81. The first-order chi connectivity index (χ1) is 11.7. The first-order valence-electron chi connectivity index (χ1n) is 7.33. The maximum atomic E-state index is 12.4. The SMILES string of the molecule is COc1cc2ccccc2cc1C(=O)NN=Cc1ccc(I)cc1. The molecule has 0 unspecified atom stereocenters. The van der Waals surface area contributed by atoms with E-state index in [1.165, 1.54) is 0 Å². The van der Waals surface area contributed by atoms with Gasteiger partial charge in [0.25, 0.3) is 5.91 Å². The summed E-state index contributed by atoms with van der Waals surface area (Å²) in [6.45, 7) is 0. The largest absolute Gasteiger partial charge is 0.496 e. The lowest BCUT2D eigenvalue weighted by Gasteiger charge is -2.09. The van der Waals surface area contributed by atoms with Gasteiger partial charge in [0.15, 0.2) is 0 Å². The molecule has 0 saturated carbocycles. The molecule has 0 aliphatic heterocycles. The number of hydrogen-bond donors (Lipinski definition) is 1. The number of ether oxygens (including phenoxy) is 1. The molecule has 0 fully saturated rings. The van der Waals surface area contributed by atoms with E-state index in [1.54, 1.807) is 13.3 Å². The molecule has 5 heteroatoms. The zero-order valence-electron chi connectivity index (χ0n) is 13.0. The maximum Gasteiger partial charge on any atom is 0.275 e. The van der Waals surface area contributed by atoms with Crippen molar-refractivity contribution in [2.24, 2.45) is 5.10 Å². The number of hydrazone groups is 1. The molecule has 0 aliphatic rings. The Bertz CT molecular complexity index is 905. The minimum atomic E-state index is -0.306. The van der Waals surface area contributed by atoms with Crippen molar-refractivity contribution in [2.75, 3.05) is 7.11 Å². The summed E-state index contributed by atoms with van der Waals surface area (Å²) in [5.41, 5.74) is 3.92. The molecule has 3 rings (SSSR count). The van der Waals surface area contributed by atoms with Crippen molar-refractivity contribution in [3.05, 3.63) is 75.4 Å². The molecular weight excluding hydrogens is 415 g/mol. The summed E-state index contributed by atoms with van der Waals surface area (Å²) in [7, 11) is 1.55. The molecule has 3 aromatic rings. The monoisotopic (exact) mass is 430 g/mol. The lowest BCUT2D eigenvalue weighted by atomic mass is 10.1. The molecule has 0 aromatic heterocycles. The van der Waals surface area contributed by atoms with Crippen molar-refractivity contribution in [2.45, 2.75) is 0 Å². The Morgan fingerprint density at radius 3 is 2.42 bits per heavy atom. The maximum absolute atomic E-state index is 12.4. The van der Waals surface area contributed by atoms with E-state index in [2.05, 4.69) is 33.1 Å². The number of carbonyl (C=O) groups excluding carboxylic acids is 1. The van der Waals surface area contributed by atoms with E-state index < -0.39 is 0 Å². The molecule has 0 spiro atoms. The molecule has 0 radical (unpaired) electrons. The minimum absolute atomic E-state index is 0.306. The standard InChI is InChI=1S/C19H15IN2O2/c1-24-18-11-15-5-3-2-4-14(15)10-17(18)19(23)22-21-12-13-6-8-16(20)9-7-13/h2-12H,1H3,(H,22,23). The van der Waals surface area contributed by atoms with Crippen LogP contribution in [0.15, 0.2) is 65.8 Å². The fourth-order valence-corrected chi connectivity index (χ4v) is 2.70. The lowest BCUT2D eigenvalue weighted by Crippen LogP contribution is -2.18. The van der Waals surface area contributed by atoms with Crippen LogP contribution >= 0.6 is 22.6 Å². The van der Waals surface area contributed by atoms with Gasteiger partial charge in [-0.3, -0.25) is 4.79 Å². The highest BCUT2D eigenvalue weighted by Crippen LogP contribution is 2.25. The summed E-state index contributed by atoms with van der Waals surface area (Å²) in [4.78, 5) is 12.4. The van der Waals surface area contributed by atoms with Gasteiger partial charge in [0.2, 0.25) is 0 Å². The first kappa shape index (κ1) is 16.4. The van der Waals surface area contributed by atoms with Crippen LogP contribution in [0.25, 0.3) is 10.8 Å². The van der Waals surface area contributed by atoms with E-state index in [1.807, 2.05) is 60.7 Å². The highest BCUT2D eigenvalue weighted by molar-refractivity contribution is 14.1. The summed E-state index contributed by atoms with van der Waals surface area (Å²) >= 11 is 2.24. The molecule has 0 atom stereocenters. The smallest absolute Gasteiger partial charge is 0.275 e. The number of fused-ring (bicyclic) bond motifs is 1. The predicted octanol–water partition coefficient (Wildman–Crippen LogP) is 4.22. The lowest BCUT2D eigenvalue weighted by molar-refractivity contribution is 0.0952. The van der Waals surface area contributed by atoms with Gasteiger partial charge in [-0.15, -0.1) is 0 Å². The number of amides is 1. The van der Waals surface area contributed by atoms with Crippen LogP contribution in [-0.4, -0.2) is 19.2 Å². The van der Waals surface area contributed by atoms with Gasteiger partial charge in [0, 0.05) is 3.57 Å². The number of benzene rings is 3. The highest BCUT2D eigenvalue weighted by Gasteiger charge is 2.13. The predicted molar refractivity (Wildman–Crippen MR) is 105 cm³/mol. The van der Waals surface area contributed by atoms with Crippen LogP contribution in [-0.2, 0) is 0 Å². The highest BCUT2D eigenvalue weighted by atomic mass is 127. The number of rotatable bonds is 4. The Morgan fingerprint density at radius 2 is 1.75 bits per heavy atom. The number of methoxy groups -OCH3 is 1. The van der Waals surface area contributed by atoms with Crippen LogP contribution in [0.2, 0.25) is 0 Å². The van der Waals surface area contributed by atoms with Crippen LogP contribution in [0, 0.1) is 3.57 Å². The second-order valence-electron chi connectivity index (χ2n) is 5.15. The number of halogens is 1. The molecule has 0 aliphatic carbocycles. The number of carbonyl (C=O) groups is 1. The van der Waals surface area contributed by atoms with Crippen LogP contribution in [0.5, 0.6) is 5.75 Å². The van der Waals surface area contributed by atoms with Crippen molar-refractivity contribution in [3.8, 4) is 5.75 Å². The van der Waals surface area contributed by atoms with E-state index in [4.69, 9.17) is 4.74 Å². The van der Waals surface area contributed by atoms with Crippen molar-refractivity contribution in [3.63, 3.8) is 0 Å². The molecule has 3 aromatic carbocycles. The van der Waals surface area contributed by atoms with Gasteiger partial charge >= 0.3 is 0 Å². The Kier molecular flexibility index (Phi) is 5.10. The second kappa shape index (κ2) is 7.44. The third-order valence-corrected chi connectivity index (χ3v) is 4.28. The van der Waals surface area contributed by atoms with Gasteiger partial charge in [0.1, 0.15) is 5.75 Å². The molecular formula is C19H15IN2O2. The third kappa shape index (κ3) is 3.73. The van der Waals surface area contributed by atoms with Gasteiger partial charge in [-0.1, -0.05) is 36.4 Å². The number of nitrogens with one attached hydrogen (secondary N) is 1. The van der Waals surface area contributed by atoms with Crippen molar-refractivity contribution in [1.29, 1.82) is 0 Å². The van der Waals surface area contributed by atoms with Crippen LogP contribution < -0.4 is 10.2 Å². The first-order valence-corrected chi connectivity index (χ1v) is 8.41. The molecule has 24 heavy (non-hydrogen) atoms. The summed E-state index contributed by atoms with van der Waals surface area (Å²) in [5.74, 6) is 0.218. The van der Waals surface area contributed by atoms with E-state index in [0.717, 1.165) is 19.9 Å². The molecule has 0 heterocycles. The fraction of sp³-hybridized carbons (Fsp3) is 0.0526. The molecule has 1 N–H and O–H groups in total. The molecule has 4 nitrogen and oxygen atoms in total. The normalized spacial score (nSPS) is 10.9. The third-order valence-electron chi connectivity index (χ3n) is 3.56. The van der Waals surface area contributed by atoms with Gasteiger partial charge in [-0.2, -0.15) is 5.10 Å². The van der Waals surface area contributed by atoms with E-state index >= 15 is 0 Å². The van der Waals surface area contributed by atoms with Gasteiger partial charge < -0.3 is 4.74 Å². The molecule has 120 valence electrons. The van der Waals surface area contributed by atoms with Gasteiger partial charge in [-0.05, 0) is 63.2 Å². The second-order valence-corrected chi connectivity index (χ2v) is 6.40. The van der Waals surface area contributed by atoms with E-state index in [0.29, 0.717) is 11.3 Å². The number of nitrogens with zero attached hydrogens (tertiary/aromatic N) is 1. The zero-order chi connectivity index (χ0) is 16.9. The van der Waals surface area contributed by atoms with E-state index in [-0.39, 0.29) is 5.91 Å². The Hall–Kier alpha value is -2.41. The fourth-order valence-electron chi connectivity index (χ4n) is 2.34.